The van der Waals surface area contributed by atoms with Gasteiger partial charge in [-0.25, -0.2) is 4.79 Å². The van der Waals surface area contributed by atoms with E-state index in [1.54, 1.807) is 0 Å². The van der Waals surface area contributed by atoms with Crippen LogP contribution in [0.5, 0.6) is 5.88 Å². The van der Waals surface area contributed by atoms with Gasteiger partial charge >= 0.3 is 5.69 Å². The standard InChI is InChI=1S/C12H11BrN2O3/c1-7-10(16)14-12(18)15(11(7)17)6-8-4-2-3-5-9(8)13/h2-5,17H,6H2,1H3,(H,14,16,18). The molecule has 6 heteroatoms. The summed E-state index contributed by atoms with van der Waals surface area (Å²) in [6.45, 7) is 1.65. The van der Waals surface area contributed by atoms with Crippen molar-refractivity contribution in [3.8, 4) is 5.88 Å². The average Bonchev–Trinajstić information content (AvgIpc) is 2.34. The van der Waals surface area contributed by atoms with Crippen LogP contribution in [0.15, 0.2) is 38.3 Å². The Morgan fingerprint density at radius 3 is 2.67 bits per heavy atom. The van der Waals surface area contributed by atoms with Crippen molar-refractivity contribution in [2.24, 2.45) is 0 Å². The zero-order valence-electron chi connectivity index (χ0n) is 9.61. The minimum Gasteiger partial charge on any atom is -0.494 e. The monoisotopic (exact) mass is 310 g/mol. The number of aromatic nitrogens is 2. The summed E-state index contributed by atoms with van der Waals surface area (Å²) in [5.74, 6) is -0.306. The number of benzene rings is 1. The molecule has 0 radical (unpaired) electrons. The number of H-pyrrole nitrogens is 1. The molecule has 18 heavy (non-hydrogen) atoms. The number of nitrogens with one attached hydrogen (secondary N) is 1. The van der Waals surface area contributed by atoms with E-state index < -0.39 is 11.2 Å². The summed E-state index contributed by atoms with van der Waals surface area (Å²) < 4.78 is 1.96. The van der Waals surface area contributed by atoms with E-state index in [0.29, 0.717) is 0 Å². The first-order valence-electron chi connectivity index (χ1n) is 5.27. The molecule has 0 bridgehead atoms. The molecule has 2 rings (SSSR count). The Kier molecular flexibility index (Phi) is 3.38. The van der Waals surface area contributed by atoms with Gasteiger partial charge in [0, 0.05) is 4.47 Å². The normalized spacial score (nSPS) is 10.6. The number of aromatic hydroxyl groups is 1. The van der Waals surface area contributed by atoms with Crippen LogP contribution >= 0.6 is 15.9 Å². The molecule has 1 heterocycles. The molecule has 2 aromatic rings. The quantitative estimate of drug-likeness (QED) is 0.879. The maximum Gasteiger partial charge on any atom is 0.331 e. The number of nitrogens with zero attached hydrogens (tertiary/aromatic N) is 1. The number of hydrogen-bond acceptors (Lipinski definition) is 3. The van der Waals surface area contributed by atoms with E-state index in [4.69, 9.17) is 0 Å². The van der Waals surface area contributed by atoms with Crippen molar-refractivity contribution in [1.82, 2.24) is 9.55 Å². The van der Waals surface area contributed by atoms with E-state index in [-0.39, 0.29) is 18.0 Å². The lowest BCUT2D eigenvalue weighted by Crippen LogP contribution is -2.31. The van der Waals surface area contributed by atoms with Crippen molar-refractivity contribution in [1.29, 1.82) is 0 Å². The van der Waals surface area contributed by atoms with Crippen LogP contribution in [0.4, 0.5) is 0 Å². The molecule has 0 unspecified atom stereocenters. The molecule has 94 valence electrons. The maximum atomic E-state index is 11.7. The van der Waals surface area contributed by atoms with Crippen molar-refractivity contribution < 1.29 is 5.11 Å². The van der Waals surface area contributed by atoms with E-state index in [1.807, 2.05) is 24.3 Å². The minimum atomic E-state index is -0.626. The second kappa shape index (κ2) is 4.81. The van der Waals surface area contributed by atoms with Crippen molar-refractivity contribution in [3.05, 3.63) is 60.7 Å². The Morgan fingerprint density at radius 1 is 1.33 bits per heavy atom. The molecule has 2 N–H and O–H groups in total. The highest BCUT2D eigenvalue weighted by Crippen LogP contribution is 2.18. The second-order valence-electron chi connectivity index (χ2n) is 3.89. The minimum absolute atomic E-state index is 0.127. The molecule has 0 amide bonds. The van der Waals surface area contributed by atoms with Gasteiger partial charge < -0.3 is 5.11 Å². The van der Waals surface area contributed by atoms with Gasteiger partial charge in [0.15, 0.2) is 0 Å². The first-order valence-corrected chi connectivity index (χ1v) is 6.06. The van der Waals surface area contributed by atoms with Crippen LogP contribution in [-0.2, 0) is 6.54 Å². The van der Waals surface area contributed by atoms with Crippen LogP contribution < -0.4 is 11.2 Å². The Balaban J connectivity index is 2.55. The first kappa shape index (κ1) is 12.6. The lowest BCUT2D eigenvalue weighted by Gasteiger charge is -2.10. The summed E-state index contributed by atoms with van der Waals surface area (Å²) >= 11 is 3.37. The third kappa shape index (κ3) is 2.24. The predicted octanol–water partition coefficient (Wildman–Crippen LogP) is 1.36. The van der Waals surface area contributed by atoms with Crippen LogP contribution in [0.1, 0.15) is 11.1 Å². The lowest BCUT2D eigenvalue weighted by molar-refractivity contribution is 0.404. The van der Waals surface area contributed by atoms with Gasteiger partial charge in [-0.05, 0) is 18.6 Å². The predicted molar refractivity (Wildman–Crippen MR) is 71.0 cm³/mol. The van der Waals surface area contributed by atoms with Crippen molar-refractivity contribution in [2.75, 3.05) is 0 Å². The average molecular weight is 311 g/mol. The summed E-state index contributed by atoms with van der Waals surface area (Å²) in [6, 6.07) is 7.36. The van der Waals surface area contributed by atoms with E-state index in [1.165, 1.54) is 6.92 Å². The Hall–Kier alpha value is -1.82. The molecule has 0 fully saturated rings. The summed E-state index contributed by atoms with van der Waals surface area (Å²) in [5.41, 5.74) is -0.234. The molecule has 0 saturated carbocycles. The molecule has 1 aromatic carbocycles. The van der Waals surface area contributed by atoms with E-state index >= 15 is 0 Å². The highest BCUT2D eigenvalue weighted by atomic mass is 79.9. The SMILES string of the molecule is Cc1c(O)n(Cc2ccccc2Br)c(=O)[nH]c1=O. The molecular formula is C12H11BrN2O3. The van der Waals surface area contributed by atoms with E-state index in [0.717, 1.165) is 14.6 Å². The molecule has 0 aliphatic carbocycles. The molecule has 0 spiro atoms. The van der Waals surface area contributed by atoms with Gasteiger partial charge in [-0.3, -0.25) is 14.3 Å². The van der Waals surface area contributed by atoms with Gasteiger partial charge in [-0.15, -0.1) is 0 Å². The van der Waals surface area contributed by atoms with Crippen LogP contribution in [0, 0.1) is 6.92 Å². The largest absolute Gasteiger partial charge is 0.494 e. The summed E-state index contributed by atoms with van der Waals surface area (Å²) in [7, 11) is 0. The van der Waals surface area contributed by atoms with Gasteiger partial charge in [0.05, 0.1) is 12.1 Å². The topological polar surface area (TPSA) is 75.1 Å². The zero-order valence-corrected chi connectivity index (χ0v) is 11.2. The van der Waals surface area contributed by atoms with Crippen LogP contribution in [0.2, 0.25) is 0 Å². The fraction of sp³-hybridized carbons (Fsp3) is 0.167. The maximum absolute atomic E-state index is 11.7. The van der Waals surface area contributed by atoms with Gasteiger partial charge in [0.25, 0.3) is 5.56 Å². The van der Waals surface area contributed by atoms with Crippen molar-refractivity contribution in [3.63, 3.8) is 0 Å². The second-order valence-corrected chi connectivity index (χ2v) is 4.74. The fourth-order valence-electron chi connectivity index (χ4n) is 1.60. The van der Waals surface area contributed by atoms with Crippen LogP contribution in [0.3, 0.4) is 0 Å². The van der Waals surface area contributed by atoms with Gasteiger partial charge in [-0.2, -0.15) is 0 Å². The van der Waals surface area contributed by atoms with Crippen molar-refractivity contribution in [2.45, 2.75) is 13.5 Å². The molecule has 0 saturated heterocycles. The van der Waals surface area contributed by atoms with Gasteiger partial charge in [0.1, 0.15) is 0 Å². The molecular weight excluding hydrogens is 300 g/mol. The van der Waals surface area contributed by atoms with Crippen LogP contribution in [-0.4, -0.2) is 14.7 Å². The Morgan fingerprint density at radius 2 is 2.00 bits per heavy atom. The molecule has 0 atom stereocenters. The first-order chi connectivity index (χ1) is 8.50. The lowest BCUT2D eigenvalue weighted by atomic mass is 10.2. The fourth-order valence-corrected chi connectivity index (χ4v) is 2.01. The smallest absolute Gasteiger partial charge is 0.331 e. The Bertz CT molecular complexity index is 703. The third-order valence-electron chi connectivity index (χ3n) is 2.68. The van der Waals surface area contributed by atoms with Crippen molar-refractivity contribution >= 4 is 15.9 Å². The number of halogens is 1. The number of aromatic amines is 1. The van der Waals surface area contributed by atoms with Gasteiger partial charge in [0.2, 0.25) is 5.88 Å². The van der Waals surface area contributed by atoms with E-state index in [2.05, 4.69) is 20.9 Å². The molecule has 0 aliphatic heterocycles. The van der Waals surface area contributed by atoms with Gasteiger partial charge in [-0.1, -0.05) is 34.1 Å². The highest BCUT2D eigenvalue weighted by Gasteiger charge is 2.11. The summed E-state index contributed by atoms with van der Waals surface area (Å²) in [6.07, 6.45) is 0. The molecule has 5 nitrogen and oxygen atoms in total. The van der Waals surface area contributed by atoms with Crippen LogP contribution in [0.25, 0.3) is 0 Å². The molecule has 0 aliphatic rings. The summed E-state index contributed by atoms with van der Waals surface area (Å²) in [4.78, 5) is 25.1. The molecule has 1 aromatic heterocycles. The third-order valence-corrected chi connectivity index (χ3v) is 3.46. The number of rotatable bonds is 2. The highest BCUT2D eigenvalue weighted by molar-refractivity contribution is 9.10. The van der Waals surface area contributed by atoms with E-state index in [9.17, 15) is 14.7 Å². The zero-order chi connectivity index (χ0) is 13.3. The summed E-state index contributed by atoms with van der Waals surface area (Å²) in [5, 5.41) is 9.84. The number of hydrogen-bond donors (Lipinski definition) is 2. The Labute approximate surface area is 111 Å².